The quantitative estimate of drug-likeness (QED) is 0.315. The van der Waals surface area contributed by atoms with Crippen molar-refractivity contribution in [3.8, 4) is 11.1 Å². The molecule has 2 heterocycles. The van der Waals surface area contributed by atoms with Crippen LogP contribution >= 0.6 is 0 Å². The minimum absolute atomic E-state index is 0.0976. The molecule has 0 atom stereocenters. The average Bonchev–Trinajstić information content (AvgIpc) is 3.06. The molecule has 0 aliphatic heterocycles. The summed E-state index contributed by atoms with van der Waals surface area (Å²) in [5.74, 6) is 0.659. The minimum atomic E-state index is -0.153. The number of aromatic nitrogens is 3. The summed E-state index contributed by atoms with van der Waals surface area (Å²) in [4.78, 5) is 23.5. The summed E-state index contributed by atoms with van der Waals surface area (Å²) in [5.41, 5.74) is 13.8. The maximum Gasteiger partial charge on any atom is 0.260 e. The van der Waals surface area contributed by atoms with Crippen molar-refractivity contribution < 1.29 is 4.74 Å². The molecule has 0 radical (unpaired) electrons. The number of imidazole rings is 1. The monoisotopic (exact) mass is 368 g/mol. The highest BCUT2D eigenvalue weighted by molar-refractivity contribution is 5.75. The second kappa shape index (κ2) is 8.50. The van der Waals surface area contributed by atoms with Crippen LogP contribution in [0.5, 0.6) is 0 Å². The fourth-order valence-electron chi connectivity index (χ4n) is 2.72. The molecule has 0 unspecified atom stereocenters. The van der Waals surface area contributed by atoms with Crippen LogP contribution in [-0.4, -0.2) is 33.5 Å². The van der Waals surface area contributed by atoms with Crippen LogP contribution in [0.4, 0.5) is 0 Å². The second-order valence-corrected chi connectivity index (χ2v) is 6.22. The highest BCUT2D eigenvalue weighted by atomic mass is 16.5. The molecule has 27 heavy (non-hydrogen) atoms. The molecule has 8 heteroatoms. The molecule has 0 spiro atoms. The Balaban J connectivity index is 1.65. The Hall–Kier alpha value is -3.13. The van der Waals surface area contributed by atoms with Crippen LogP contribution in [0.25, 0.3) is 16.9 Å². The lowest BCUT2D eigenvalue weighted by atomic mass is 10.1. The van der Waals surface area contributed by atoms with Crippen LogP contribution < -0.4 is 17.0 Å². The van der Waals surface area contributed by atoms with Gasteiger partial charge in [-0.15, -0.1) is 0 Å². The van der Waals surface area contributed by atoms with Crippen molar-refractivity contribution in [1.82, 2.24) is 14.4 Å². The summed E-state index contributed by atoms with van der Waals surface area (Å²) in [7, 11) is 0. The number of guanidine groups is 1. The number of ether oxygens (including phenoxy) is 1. The normalized spacial score (nSPS) is 11.0. The molecule has 0 bridgehead atoms. The molecule has 2 aromatic heterocycles. The summed E-state index contributed by atoms with van der Waals surface area (Å²) < 4.78 is 7.46. The first-order valence-electron chi connectivity index (χ1n) is 8.90. The number of fused-ring (bicyclic) bond motifs is 1. The molecule has 0 fully saturated rings. The van der Waals surface area contributed by atoms with Gasteiger partial charge in [-0.2, -0.15) is 0 Å². The lowest BCUT2D eigenvalue weighted by molar-refractivity contribution is 0.120. The summed E-state index contributed by atoms with van der Waals surface area (Å²) in [5, 5.41) is 0. The average molecular weight is 368 g/mol. The minimum Gasteiger partial charge on any atom is -0.377 e. The number of H-pyrrole nitrogens is 1. The molecule has 0 saturated carbocycles. The van der Waals surface area contributed by atoms with E-state index < -0.39 is 0 Å². The zero-order valence-corrected chi connectivity index (χ0v) is 15.3. The first kappa shape index (κ1) is 18.7. The van der Waals surface area contributed by atoms with Crippen LogP contribution in [0.3, 0.4) is 0 Å². The van der Waals surface area contributed by atoms with E-state index in [1.165, 1.54) is 0 Å². The van der Waals surface area contributed by atoms with Gasteiger partial charge in [-0.05, 0) is 24.0 Å². The summed E-state index contributed by atoms with van der Waals surface area (Å²) >= 11 is 0. The maximum atomic E-state index is 12.4. The number of aryl methyl sites for hydroxylation is 1. The number of hydrogen-bond acceptors (Lipinski definition) is 4. The number of benzene rings is 1. The van der Waals surface area contributed by atoms with Gasteiger partial charge in [0.1, 0.15) is 0 Å². The van der Waals surface area contributed by atoms with Crippen molar-refractivity contribution in [3.05, 3.63) is 58.3 Å². The lowest BCUT2D eigenvalue weighted by Gasteiger charge is -2.06. The van der Waals surface area contributed by atoms with Gasteiger partial charge in [-0.3, -0.25) is 19.2 Å². The Labute approximate surface area is 156 Å². The molecule has 5 N–H and O–H groups in total. The third-order valence-corrected chi connectivity index (χ3v) is 4.16. The SMILES string of the molecule is CCc1cn2cc(-c3ccc(COCCCN=C(N)N)cc3)c(=O)[nH]c2n1. The molecule has 3 rings (SSSR count). The number of rotatable bonds is 8. The first-order chi connectivity index (χ1) is 13.1. The van der Waals surface area contributed by atoms with Crippen LogP contribution in [0.2, 0.25) is 0 Å². The van der Waals surface area contributed by atoms with E-state index in [4.69, 9.17) is 16.2 Å². The van der Waals surface area contributed by atoms with Gasteiger partial charge in [-0.1, -0.05) is 31.2 Å². The van der Waals surface area contributed by atoms with E-state index in [2.05, 4.69) is 15.0 Å². The Morgan fingerprint density at radius 1 is 1.26 bits per heavy atom. The molecule has 0 aliphatic carbocycles. The smallest absolute Gasteiger partial charge is 0.260 e. The van der Waals surface area contributed by atoms with Gasteiger partial charge in [0.2, 0.25) is 5.78 Å². The molecule has 8 nitrogen and oxygen atoms in total. The van der Waals surface area contributed by atoms with E-state index in [0.717, 1.165) is 29.7 Å². The van der Waals surface area contributed by atoms with Crippen molar-refractivity contribution >= 4 is 11.7 Å². The van der Waals surface area contributed by atoms with Crippen molar-refractivity contribution in [2.24, 2.45) is 16.5 Å². The zero-order chi connectivity index (χ0) is 19.2. The van der Waals surface area contributed by atoms with Crippen molar-refractivity contribution in [3.63, 3.8) is 0 Å². The van der Waals surface area contributed by atoms with Gasteiger partial charge in [0, 0.05) is 25.5 Å². The molecule has 0 saturated heterocycles. The van der Waals surface area contributed by atoms with E-state index >= 15 is 0 Å². The van der Waals surface area contributed by atoms with Gasteiger partial charge in [-0.25, -0.2) is 4.98 Å². The third-order valence-electron chi connectivity index (χ3n) is 4.16. The van der Waals surface area contributed by atoms with Crippen LogP contribution in [0.1, 0.15) is 24.6 Å². The van der Waals surface area contributed by atoms with Crippen molar-refractivity contribution in [2.75, 3.05) is 13.2 Å². The van der Waals surface area contributed by atoms with Gasteiger partial charge < -0.3 is 16.2 Å². The Kier molecular flexibility index (Phi) is 5.87. The predicted molar refractivity (Wildman–Crippen MR) is 106 cm³/mol. The largest absolute Gasteiger partial charge is 0.377 e. The van der Waals surface area contributed by atoms with Gasteiger partial charge in [0.25, 0.3) is 5.56 Å². The van der Waals surface area contributed by atoms with Gasteiger partial charge in [0.05, 0.1) is 17.9 Å². The number of hydrogen-bond donors (Lipinski definition) is 3. The van der Waals surface area contributed by atoms with E-state index in [-0.39, 0.29) is 11.5 Å². The topological polar surface area (TPSA) is 124 Å². The molecule has 0 amide bonds. The summed E-state index contributed by atoms with van der Waals surface area (Å²) in [6.07, 6.45) is 5.32. The van der Waals surface area contributed by atoms with Crippen LogP contribution in [-0.2, 0) is 17.8 Å². The van der Waals surface area contributed by atoms with Crippen molar-refractivity contribution in [1.29, 1.82) is 0 Å². The van der Waals surface area contributed by atoms with E-state index in [1.54, 1.807) is 0 Å². The molecular formula is C19H24N6O2. The Bertz CT molecular complexity index is 984. The fourth-order valence-corrected chi connectivity index (χ4v) is 2.72. The van der Waals surface area contributed by atoms with Gasteiger partial charge in [0.15, 0.2) is 5.96 Å². The molecule has 142 valence electrons. The molecule has 3 aromatic rings. The Morgan fingerprint density at radius 2 is 2.04 bits per heavy atom. The first-order valence-corrected chi connectivity index (χ1v) is 8.90. The molecular weight excluding hydrogens is 344 g/mol. The number of nitrogens with zero attached hydrogens (tertiary/aromatic N) is 3. The number of aromatic amines is 1. The predicted octanol–water partition coefficient (Wildman–Crippen LogP) is 1.43. The molecule has 1 aromatic carbocycles. The van der Waals surface area contributed by atoms with Crippen LogP contribution in [0, 0.1) is 0 Å². The standard InChI is InChI=1S/C19H24N6O2/c1-2-15-10-25-11-16(17(26)24-19(25)23-15)14-6-4-13(5-7-14)12-27-9-3-8-22-18(20)21/h4-7,10-11H,2-3,8-9,12H2,1H3,(H4,20,21,22)(H,23,24,26). The fraction of sp³-hybridized carbons (Fsp3) is 0.316. The van der Waals surface area contributed by atoms with Crippen molar-refractivity contribution in [2.45, 2.75) is 26.4 Å². The summed E-state index contributed by atoms with van der Waals surface area (Å²) in [6, 6.07) is 7.76. The zero-order valence-electron chi connectivity index (χ0n) is 15.3. The van der Waals surface area contributed by atoms with E-state index in [1.807, 2.05) is 48.0 Å². The number of nitrogens with one attached hydrogen (secondary N) is 1. The summed E-state index contributed by atoms with van der Waals surface area (Å²) in [6.45, 7) is 3.66. The maximum absolute atomic E-state index is 12.4. The highest BCUT2D eigenvalue weighted by Gasteiger charge is 2.08. The highest BCUT2D eigenvalue weighted by Crippen LogP contribution is 2.17. The third kappa shape index (κ3) is 4.73. The van der Waals surface area contributed by atoms with E-state index in [9.17, 15) is 4.79 Å². The molecule has 0 aliphatic rings. The number of aliphatic imine (C=N–C) groups is 1. The number of nitrogens with two attached hydrogens (primary N) is 2. The van der Waals surface area contributed by atoms with Gasteiger partial charge >= 0.3 is 0 Å². The second-order valence-electron chi connectivity index (χ2n) is 6.22. The van der Waals surface area contributed by atoms with E-state index in [0.29, 0.717) is 31.1 Å². The van der Waals surface area contributed by atoms with Crippen LogP contribution in [0.15, 0.2) is 46.4 Å². The Morgan fingerprint density at radius 3 is 2.74 bits per heavy atom. The lowest BCUT2D eigenvalue weighted by Crippen LogP contribution is -2.23.